The summed E-state index contributed by atoms with van der Waals surface area (Å²) in [6.45, 7) is 7.91. The second-order valence-electron chi connectivity index (χ2n) is 8.69. The molecule has 1 aliphatic heterocycles. The minimum atomic E-state index is -0.378. The first kappa shape index (κ1) is 24.9. The number of nitrogens with zero attached hydrogens (tertiary/aromatic N) is 6. The van der Waals surface area contributed by atoms with E-state index >= 15 is 0 Å². The number of thiazole rings is 1. The standard InChI is InChI=1S/C24H27N7O2S.ClH/c1-15-13-19(20-14-34-24(25-20)30-11-9-28(3)10-12-30)16(2)31(15)27-22(32)21-17-7-5-6-8-18(17)23(33)29(4)26-21;/h5-8,13-14H,9-12H2,1-4H3,(H,27,32);1H. The first-order valence-corrected chi connectivity index (χ1v) is 12.1. The lowest BCUT2D eigenvalue weighted by Gasteiger charge is -2.32. The lowest BCUT2D eigenvalue weighted by Crippen LogP contribution is -2.44. The molecule has 3 aromatic heterocycles. The van der Waals surface area contributed by atoms with Crippen molar-refractivity contribution >= 4 is 45.6 Å². The highest BCUT2D eigenvalue weighted by Crippen LogP contribution is 2.31. The number of hydrogen-bond acceptors (Lipinski definition) is 7. The monoisotopic (exact) mass is 513 g/mol. The fourth-order valence-electron chi connectivity index (χ4n) is 4.35. The molecule has 1 amide bonds. The zero-order valence-corrected chi connectivity index (χ0v) is 21.7. The molecular weight excluding hydrogens is 486 g/mol. The molecule has 11 heteroatoms. The van der Waals surface area contributed by atoms with Gasteiger partial charge in [0.25, 0.3) is 11.5 Å². The summed E-state index contributed by atoms with van der Waals surface area (Å²) in [5, 5.41) is 8.33. The topological polar surface area (TPSA) is 88.3 Å². The number of piperazine rings is 1. The van der Waals surface area contributed by atoms with E-state index in [9.17, 15) is 9.59 Å². The maximum atomic E-state index is 13.2. The number of benzene rings is 1. The lowest BCUT2D eigenvalue weighted by molar-refractivity contribution is 0.100. The average Bonchev–Trinajstić information content (AvgIpc) is 3.42. The number of halogens is 1. The maximum Gasteiger partial charge on any atom is 0.291 e. The molecule has 1 aliphatic rings. The molecule has 9 nitrogen and oxygen atoms in total. The largest absolute Gasteiger partial charge is 0.346 e. The van der Waals surface area contributed by atoms with Crippen LogP contribution in [0.15, 0.2) is 40.5 Å². The van der Waals surface area contributed by atoms with Gasteiger partial charge in [0.1, 0.15) is 0 Å². The minimum absolute atomic E-state index is 0. The van der Waals surface area contributed by atoms with Gasteiger partial charge in [-0.2, -0.15) is 5.10 Å². The summed E-state index contributed by atoms with van der Waals surface area (Å²) >= 11 is 1.65. The lowest BCUT2D eigenvalue weighted by atomic mass is 10.1. The van der Waals surface area contributed by atoms with Crippen molar-refractivity contribution in [3.8, 4) is 11.3 Å². The molecule has 1 aromatic carbocycles. The Hall–Kier alpha value is -3.21. The van der Waals surface area contributed by atoms with Gasteiger partial charge in [-0.25, -0.2) is 9.67 Å². The number of aromatic nitrogens is 4. The van der Waals surface area contributed by atoms with Crippen LogP contribution < -0.4 is 15.9 Å². The van der Waals surface area contributed by atoms with Crippen molar-refractivity contribution in [2.24, 2.45) is 7.05 Å². The van der Waals surface area contributed by atoms with E-state index < -0.39 is 0 Å². The van der Waals surface area contributed by atoms with Crippen LogP contribution in [0, 0.1) is 13.8 Å². The SMILES string of the molecule is Cc1cc(-c2csc(N3CCN(C)CC3)n2)c(C)n1NC(=O)c1nn(C)c(=O)c2ccccc12.Cl. The molecule has 1 N–H and O–H groups in total. The van der Waals surface area contributed by atoms with E-state index in [-0.39, 0.29) is 29.6 Å². The molecule has 5 rings (SSSR count). The van der Waals surface area contributed by atoms with Gasteiger partial charge in [-0.1, -0.05) is 18.2 Å². The smallest absolute Gasteiger partial charge is 0.291 e. The highest BCUT2D eigenvalue weighted by atomic mass is 35.5. The van der Waals surface area contributed by atoms with Gasteiger partial charge in [-0.3, -0.25) is 19.7 Å². The number of fused-ring (bicyclic) bond motifs is 1. The average molecular weight is 514 g/mol. The summed E-state index contributed by atoms with van der Waals surface area (Å²) in [6, 6.07) is 9.06. The molecule has 0 radical (unpaired) electrons. The predicted molar refractivity (Wildman–Crippen MR) is 143 cm³/mol. The van der Waals surface area contributed by atoms with Gasteiger partial charge >= 0.3 is 0 Å². The Morgan fingerprint density at radius 3 is 2.46 bits per heavy atom. The Bertz CT molecular complexity index is 1450. The van der Waals surface area contributed by atoms with Crippen molar-refractivity contribution in [1.29, 1.82) is 0 Å². The highest BCUT2D eigenvalue weighted by molar-refractivity contribution is 7.14. The van der Waals surface area contributed by atoms with Gasteiger partial charge in [0.05, 0.1) is 11.1 Å². The Morgan fingerprint density at radius 1 is 1.06 bits per heavy atom. The second-order valence-corrected chi connectivity index (χ2v) is 9.53. The van der Waals surface area contributed by atoms with Crippen molar-refractivity contribution in [1.82, 2.24) is 24.3 Å². The van der Waals surface area contributed by atoms with Crippen LogP contribution in [0.2, 0.25) is 0 Å². The van der Waals surface area contributed by atoms with E-state index in [1.807, 2.05) is 19.9 Å². The van der Waals surface area contributed by atoms with Crippen LogP contribution in [0.1, 0.15) is 21.9 Å². The van der Waals surface area contributed by atoms with Crippen LogP contribution in [0.4, 0.5) is 5.13 Å². The molecule has 0 atom stereocenters. The molecule has 0 spiro atoms. The summed E-state index contributed by atoms with van der Waals surface area (Å²) in [5.74, 6) is -0.378. The van der Waals surface area contributed by atoms with Crippen LogP contribution in [-0.4, -0.2) is 63.5 Å². The number of rotatable bonds is 4. The van der Waals surface area contributed by atoms with E-state index in [4.69, 9.17) is 4.98 Å². The number of hydrogen-bond donors (Lipinski definition) is 1. The molecule has 1 fully saturated rings. The van der Waals surface area contributed by atoms with Gasteiger partial charge in [-0.05, 0) is 33.0 Å². The molecule has 0 saturated carbocycles. The molecule has 184 valence electrons. The van der Waals surface area contributed by atoms with Crippen molar-refractivity contribution in [2.75, 3.05) is 43.6 Å². The maximum absolute atomic E-state index is 13.2. The van der Waals surface area contributed by atoms with Crippen LogP contribution in [0.5, 0.6) is 0 Å². The molecule has 4 heterocycles. The fraction of sp³-hybridized carbons (Fsp3) is 0.333. The van der Waals surface area contributed by atoms with Crippen LogP contribution in [0.3, 0.4) is 0 Å². The Labute approximate surface area is 213 Å². The van der Waals surface area contributed by atoms with Crippen molar-refractivity contribution in [2.45, 2.75) is 13.8 Å². The normalized spacial score (nSPS) is 14.2. The molecule has 0 bridgehead atoms. The second kappa shape index (κ2) is 9.80. The van der Waals surface area contributed by atoms with Gasteiger partial charge in [0.15, 0.2) is 10.8 Å². The van der Waals surface area contributed by atoms with Crippen LogP contribution in [-0.2, 0) is 7.05 Å². The Kier molecular flexibility index (Phi) is 6.98. The number of amides is 1. The van der Waals surface area contributed by atoms with Crippen LogP contribution in [0.25, 0.3) is 22.0 Å². The van der Waals surface area contributed by atoms with Crippen molar-refractivity contribution < 1.29 is 4.79 Å². The number of aryl methyl sites for hydroxylation is 2. The minimum Gasteiger partial charge on any atom is -0.346 e. The van der Waals surface area contributed by atoms with Gasteiger partial charge in [0.2, 0.25) is 0 Å². The third kappa shape index (κ3) is 4.56. The van der Waals surface area contributed by atoms with Crippen molar-refractivity contribution in [3.63, 3.8) is 0 Å². The van der Waals surface area contributed by atoms with E-state index in [1.54, 1.807) is 47.3 Å². The van der Waals surface area contributed by atoms with E-state index in [2.05, 4.69) is 32.8 Å². The number of carbonyl (C=O) groups is 1. The third-order valence-corrected chi connectivity index (χ3v) is 7.26. The van der Waals surface area contributed by atoms with Crippen molar-refractivity contribution in [3.05, 3.63) is 63.1 Å². The Balaban J connectivity index is 0.00000289. The molecule has 0 aliphatic carbocycles. The molecule has 0 unspecified atom stereocenters. The van der Waals surface area contributed by atoms with Gasteiger partial charge < -0.3 is 9.80 Å². The quantitative estimate of drug-likeness (QED) is 0.451. The first-order chi connectivity index (χ1) is 16.3. The summed E-state index contributed by atoms with van der Waals surface area (Å²) in [4.78, 5) is 35.2. The summed E-state index contributed by atoms with van der Waals surface area (Å²) < 4.78 is 2.96. The number of carbonyl (C=O) groups excluding carboxylic acids is 1. The number of anilines is 1. The summed E-state index contributed by atoms with van der Waals surface area (Å²) in [7, 11) is 3.69. The zero-order valence-electron chi connectivity index (χ0n) is 20.1. The third-order valence-electron chi connectivity index (χ3n) is 6.36. The fourth-order valence-corrected chi connectivity index (χ4v) is 5.23. The van der Waals surface area contributed by atoms with E-state index in [0.29, 0.717) is 10.8 Å². The van der Waals surface area contributed by atoms with Gasteiger partial charge in [0, 0.05) is 60.9 Å². The summed E-state index contributed by atoms with van der Waals surface area (Å²) in [5.41, 5.74) is 6.57. The zero-order chi connectivity index (χ0) is 24.0. The first-order valence-electron chi connectivity index (χ1n) is 11.2. The molecule has 1 saturated heterocycles. The Morgan fingerprint density at radius 2 is 1.74 bits per heavy atom. The predicted octanol–water partition coefficient (Wildman–Crippen LogP) is 3.03. The molecular formula is C24H28ClN7O2S. The molecule has 4 aromatic rings. The van der Waals surface area contributed by atoms with E-state index in [1.165, 1.54) is 4.68 Å². The summed E-state index contributed by atoms with van der Waals surface area (Å²) in [6.07, 6.45) is 0. The molecule has 35 heavy (non-hydrogen) atoms. The van der Waals surface area contributed by atoms with E-state index in [0.717, 1.165) is 54.0 Å². The highest BCUT2D eigenvalue weighted by Gasteiger charge is 2.21. The van der Waals surface area contributed by atoms with Gasteiger partial charge in [-0.15, -0.1) is 23.7 Å². The number of likely N-dealkylation sites (N-methyl/N-ethyl adjacent to an activating group) is 1. The number of nitrogens with one attached hydrogen (secondary N) is 1. The van der Waals surface area contributed by atoms with Crippen LogP contribution >= 0.6 is 23.7 Å².